The second kappa shape index (κ2) is 9.88. The Labute approximate surface area is 240 Å². The summed E-state index contributed by atoms with van der Waals surface area (Å²) in [6.45, 7) is 3.19. The highest BCUT2D eigenvalue weighted by Crippen LogP contribution is 2.31. The molecule has 2 aliphatic rings. The molecule has 2 saturated heterocycles. The minimum atomic E-state index is -0.402. The van der Waals surface area contributed by atoms with Gasteiger partial charge in [-0.15, -0.1) is 0 Å². The quantitative estimate of drug-likeness (QED) is 0.334. The van der Waals surface area contributed by atoms with Gasteiger partial charge in [-0.2, -0.15) is 5.10 Å². The highest BCUT2D eigenvalue weighted by molar-refractivity contribution is 5.95. The molecule has 6 aromatic rings. The Hall–Kier alpha value is -4.90. The summed E-state index contributed by atoms with van der Waals surface area (Å²) in [5, 5.41) is 5.62. The van der Waals surface area contributed by atoms with Crippen LogP contribution in [0.2, 0.25) is 0 Å². The van der Waals surface area contributed by atoms with E-state index in [0.29, 0.717) is 36.3 Å². The van der Waals surface area contributed by atoms with Gasteiger partial charge in [0.15, 0.2) is 0 Å². The largest absolute Gasteiger partial charge is 0.346 e. The lowest BCUT2D eigenvalue weighted by atomic mass is 9.96. The number of hydrogen-bond donors (Lipinski definition) is 1. The summed E-state index contributed by atoms with van der Waals surface area (Å²) < 4.78 is 19.0. The molecule has 0 spiro atoms. The Morgan fingerprint density at radius 2 is 1.83 bits per heavy atom. The van der Waals surface area contributed by atoms with Crippen LogP contribution in [0.3, 0.4) is 0 Å². The molecule has 42 heavy (non-hydrogen) atoms. The number of aromatic nitrogens is 7. The summed E-state index contributed by atoms with van der Waals surface area (Å²) >= 11 is 0. The van der Waals surface area contributed by atoms with Crippen LogP contribution in [0.1, 0.15) is 29.2 Å². The third kappa shape index (κ3) is 4.24. The van der Waals surface area contributed by atoms with Crippen molar-refractivity contribution in [3.8, 4) is 22.4 Å². The number of carbonyl (C=O) groups excluding carboxylic acids is 1. The van der Waals surface area contributed by atoms with Crippen molar-refractivity contribution in [2.45, 2.75) is 24.9 Å². The third-order valence-electron chi connectivity index (χ3n) is 8.68. The molecular formula is C31H28FN9O. The number of H-pyrrole nitrogens is 1. The van der Waals surface area contributed by atoms with Crippen molar-refractivity contribution in [3.63, 3.8) is 0 Å². The number of carbonyl (C=O) groups is 1. The van der Waals surface area contributed by atoms with Gasteiger partial charge in [-0.3, -0.25) is 14.4 Å². The van der Waals surface area contributed by atoms with Gasteiger partial charge in [0.25, 0.3) is 5.91 Å². The lowest BCUT2D eigenvalue weighted by molar-refractivity contribution is 0.0198. The van der Waals surface area contributed by atoms with E-state index >= 15 is 4.39 Å². The number of nitrogens with one attached hydrogen (secondary N) is 1. The number of rotatable bonds is 5. The van der Waals surface area contributed by atoms with Gasteiger partial charge < -0.3 is 14.3 Å². The molecule has 8 rings (SSSR count). The van der Waals surface area contributed by atoms with Crippen LogP contribution in [0.4, 0.5) is 4.39 Å². The Balaban J connectivity index is 0.874. The third-order valence-corrected chi connectivity index (χ3v) is 8.68. The number of imidazole rings is 1. The normalized spacial score (nSPS) is 16.8. The van der Waals surface area contributed by atoms with Gasteiger partial charge in [-0.25, -0.2) is 19.3 Å². The first-order valence-corrected chi connectivity index (χ1v) is 14.2. The van der Waals surface area contributed by atoms with E-state index in [1.54, 1.807) is 24.7 Å². The number of nitrogens with zero attached hydrogens (tertiary/aromatic N) is 8. The van der Waals surface area contributed by atoms with E-state index in [1.807, 2.05) is 57.0 Å². The minimum Gasteiger partial charge on any atom is -0.346 e. The smallest absolute Gasteiger partial charge is 0.253 e. The van der Waals surface area contributed by atoms with Crippen LogP contribution in [-0.4, -0.2) is 82.0 Å². The molecule has 1 aromatic carbocycles. The summed E-state index contributed by atoms with van der Waals surface area (Å²) in [5.74, 6) is -0.517. The molecule has 1 amide bonds. The number of benzene rings is 1. The maximum Gasteiger partial charge on any atom is 0.253 e. The number of hydrogen-bond acceptors (Lipinski definition) is 6. The van der Waals surface area contributed by atoms with Crippen molar-refractivity contribution in [2.75, 3.05) is 26.2 Å². The van der Waals surface area contributed by atoms with Crippen molar-refractivity contribution in [2.24, 2.45) is 0 Å². The molecule has 5 aromatic heterocycles. The Bertz CT molecular complexity index is 1930. The molecule has 11 heteroatoms. The van der Waals surface area contributed by atoms with Crippen LogP contribution in [0.25, 0.3) is 39.1 Å². The molecular weight excluding hydrogens is 533 g/mol. The van der Waals surface area contributed by atoms with E-state index in [2.05, 4.69) is 36.1 Å². The molecule has 2 aliphatic heterocycles. The zero-order valence-electron chi connectivity index (χ0n) is 22.8. The van der Waals surface area contributed by atoms with Gasteiger partial charge in [-0.1, -0.05) is 6.07 Å². The summed E-state index contributed by atoms with van der Waals surface area (Å²) in [6.07, 6.45) is 14.6. The lowest BCUT2D eigenvalue weighted by Crippen LogP contribution is -2.56. The average Bonchev–Trinajstić information content (AvgIpc) is 3.77. The van der Waals surface area contributed by atoms with Crippen LogP contribution >= 0.6 is 0 Å². The lowest BCUT2D eigenvalue weighted by Gasteiger charge is -2.47. The highest BCUT2D eigenvalue weighted by atomic mass is 19.1. The van der Waals surface area contributed by atoms with Crippen molar-refractivity contribution in [1.29, 1.82) is 0 Å². The first-order valence-electron chi connectivity index (χ1n) is 14.2. The van der Waals surface area contributed by atoms with Crippen molar-refractivity contribution < 1.29 is 9.18 Å². The van der Waals surface area contributed by atoms with E-state index in [9.17, 15) is 4.79 Å². The summed E-state index contributed by atoms with van der Waals surface area (Å²) in [6, 6.07) is 11.2. The van der Waals surface area contributed by atoms with Crippen molar-refractivity contribution in [1.82, 2.24) is 43.9 Å². The number of aromatic amines is 1. The zero-order chi connectivity index (χ0) is 28.2. The molecule has 1 N–H and O–H groups in total. The van der Waals surface area contributed by atoms with Gasteiger partial charge in [0.1, 0.15) is 23.4 Å². The van der Waals surface area contributed by atoms with Crippen molar-refractivity contribution in [3.05, 3.63) is 91.3 Å². The highest BCUT2D eigenvalue weighted by Gasteiger charge is 2.36. The van der Waals surface area contributed by atoms with Crippen LogP contribution in [0.5, 0.6) is 0 Å². The summed E-state index contributed by atoms with van der Waals surface area (Å²) in [7, 11) is 0. The van der Waals surface area contributed by atoms with Gasteiger partial charge in [0, 0.05) is 90.8 Å². The topological polar surface area (TPSA) is 100 Å². The Morgan fingerprint density at radius 3 is 2.69 bits per heavy atom. The standard InChI is InChI=1S/C31H28FN9O/c32-27-13-20(1-3-25(27)21-2-4-28-33-9-12-39(28)15-21)31(42)38-10-6-23(7-11-38)40-17-24(18-40)41-16-22(14-37-41)29-26-5-8-34-30(26)36-19-35-29/h1-5,8-9,12-16,19,23-24H,6-7,10-11,17-18H2,(H,34,35,36). The molecule has 0 radical (unpaired) electrons. The Morgan fingerprint density at radius 1 is 0.952 bits per heavy atom. The number of halogens is 1. The molecule has 0 bridgehead atoms. The summed E-state index contributed by atoms with van der Waals surface area (Å²) in [4.78, 5) is 33.7. The van der Waals surface area contributed by atoms with E-state index < -0.39 is 5.82 Å². The van der Waals surface area contributed by atoms with E-state index in [1.165, 1.54) is 6.07 Å². The van der Waals surface area contributed by atoms with E-state index in [0.717, 1.165) is 59.4 Å². The van der Waals surface area contributed by atoms with Crippen molar-refractivity contribution >= 4 is 22.6 Å². The molecule has 210 valence electrons. The maximum absolute atomic E-state index is 15.1. The molecule has 2 fully saturated rings. The molecule has 10 nitrogen and oxygen atoms in total. The van der Waals surface area contributed by atoms with Crippen LogP contribution in [-0.2, 0) is 0 Å². The minimum absolute atomic E-state index is 0.115. The fourth-order valence-corrected chi connectivity index (χ4v) is 6.29. The SMILES string of the molecule is O=C(c1ccc(-c2ccc3nccn3c2)c(F)c1)N1CCC(N2CC(n3cc(-c4ncnc5[nH]ccc45)cn3)C2)CC1. The van der Waals surface area contributed by atoms with Crippen LogP contribution < -0.4 is 0 Å². The molecule has 0 aliphatic carbocycles. The number of fused-ring (bicyclic) bond motifs is 2. The predicted octanol–water partition coefficient (Wildman–Crippen LogP) is 4.44. The molecule has 0 saturated carbocycles. The van der Waals surface area contributed by atoms with Gasteiger partial charge in [0.05, 0.1) is 17.9 Å². The predicted molar refractivity (Wildman–Crippen MR) is 155 cm³/mol. The fourth-order valence-electron chi connectivity index (χ4n) is 6.29. The number of amides is 1. The fraction of sp³-hybridized carbons (Fsp3) is 0.258. The molecule has 0 atom stereocenters. The second-order valence-electron chi connectivity index (χ2n) is 11.1. The molecule has 7 heterocycles. The average molecular weight is 562 g/mol. The number of pyridine rings is 1. The zero-order valence-corrected chi connectivity index (χ0v) is 22.8. The number of piperidine rings is 1. The monoisotopic (exact) mass is 561 g/mol. The molecule has 0 unspecified atom stereocenters. The first-order chi connectivity index (χ1) is 20.6. The van der Waals surface area contributed by atoms with E-state index in [4.69, 9.17) is 0 Å². The van der Waals surface area contributed by atoms with Gasteiger partial charge in [0.2, 0.25) is 0 Å². The summed E-state index contributed by atoms with van der Waals surface area (Å²) in [5.41, 5.74) is 5.07. The Kier molecular flexibility index (Phi) is 5.85. The van der Waals surface area contributed by atoms with E-state index in [-0.39, 0.29) is 5.91 Å². The first kappa shape index (κ1) is 24.9. The van der Waals surface area contributed by atoms with Crippen LogP contribution in [0.15, 0.2) is 79.9 Å². The van der Waals surface area contributed by atoms with Gasteiger partial charge >= 0.3 is 0 Å². The second-order valence-corrected chi connectivity index (χ2v) is 11.1. The van der Waals surface area contributed by atoms with Gasteiger partial charge in [-0.05, 0) is 43.2 Å². The number of likely N-dealkylation sites (tertiary alicyclic amines) is 2. The maximum atomic E-state index is 15.1. The van der Waals surface area contributed by atoms with Crippen LogP contribution in [0, 0.1) is 5.82 Å².